The summed E-state index contributed by atoms with van der Waals surface area (Å²) in [6, 6.07) is 7.74. The number of carbonyl (C=O) groups is 1. The quantitative estimate of drug-likeness (QED) is 0.712. The van der Waals surface area contributed by atoms with Crippen molar-refractivity contribution in [1.82, 2.24) is 9.62 Å². The number of sulfonamides is 1. The van der Waals surface area contributed by atoms with Crippen LogP contribution in [0.25, 0.3) is 0 Å². The molecule has 0 saturated carbocycles. The van der Waals surface area contributed by atoms with Crippen molar-refractivity contribution < 1.29 is 17.9 Å². The molecule has 1 saturated heterocycles. The Morgan fingerprint density at radius 2 is 2.04 bits per heavy atom. The number of piperidine rings is 1. The van der Waals surface area contributed by atoms with Gasteiger partial charge in [0.15, 0.2) is 0 Å². The molecule has 25 heavy (non-hydrogen) atoms. The lowest BCUT2D eigenvalue weighted by molar-refractivity contribution is -0.126. The van der Waals surface area contributed by atoms with Gasteiger partial charge in [0.05, 0.1) is 18.2 Å². The van der Waals surface area contributed by atoms with Gasteiger partial charge in [0.25, 0.3) is 0 Å². The molecule has 0 aromatic heterocycles. The fourth-order valence-corrected chi connectivity index (χ4v) is 4.51. The van der Waals surface area contributed by atoms with Gasteiger partial charge in [-0.15, -0.1) is 0 Å². The van der Waals surface area contributed by atoms with Gasteiger partial charge in [-0.3, -0.25) is 4.79 Å². The zero-order valence-electron chi connectivity index (χ0n) is 15.0. The highest BCUT2D eigenvalue weighted by Crippen LogP contribution is 2.20. The van der Waals surface area contributed by atoms with Crippen LogP contribution in [-0.2, 0) is 14.8 Å². The van der Waals surface area contributed by atoms with E-state index in [-0.39, 0.29) is 24.1 Å². The van der Waals surface area contributed by atoms with Crippen molar-refractivity contribution in [2.24, 2.45) is 5.92 Å². The van der Waals surface area contributed by atoms with Gasteiger partial charge < -0.3 is 10.1 Å². The lowest BCUT2D eigenvalue weighted by Gasteiger charge is -2.31. The summed E-state index contributed by atoms with van der Waals surface area (Å²) in [4.78, 5) is 12.3. The van der Waals surface area contributed by atoms with Crippen LogP contribution in [0.4, 0.5) is 0 Å². The Morgan fingerprint density at radius 3 is 2.72 bits per heavy atom. The zero-order valence-corrected chi connectivity index (χ0v) is 15.8. The van der Waals surface area contributed by atoms with Gasteiger partial charge in [-0.1, -0.05) is 24.6 Å². The van der Waals surface area contributed by atoms with Crippen molar-refractivity contribution in [2.45, 2.75) is 33.1 Å². The Hall–Kier alpha value is -1.60. The summed E-state index contributed by atoms with van der Waals surface area (Å²) in [6.07, 6.45) is 2.04. The van der Waals surface area contributed by atoms with E-state index >= 15 is 0 Å². The van der Waals surface area contributed by atoms with E-state index in [1.807, 2.05) is 38.1 Å². The maximum absolute atomic E-state index is 12.3. The lowest BCUT2D eigenvalue weighted by atomic mass is 9.99. The maximum Gasteiger partial charge on any atom is 0.224 e. The van der Waals surface area contributed by atoms with Gasteiger partial charge >= 0.3 is 0 Å². The number of benzene rings is 1. The van der Waals surface area contributed by atoms with Gasteiger partial charge in [0, 0.05) is 13.1 Å². The summed E-state index contributed by atoms with van der Waals surface area (Å²) in [5.41, 5.74) is 1.17. The van der Waals surface area contributed by atoms with Crippen molar-refractivity contribution >= 4 is 15.9 Å². The van der Waals surface area contributed by atoms with Crippen LogP contribution in [0.2, 0.25) is 0 Å². The molecule has 1 N–H and O–H groups in total. The average molecular weight is 368 g/mol. The van der Waals surface area contributed by atoms with E-state index in [9.17, 15) is 13.2 Å². The SMILES string of the molecule is CCCS(=O)(=O)N1CCCC(C(=O)NCCOc2ccc(C)cc2)C1. The third kappa shape index (κ3) is 6.01. The minimum Gasteiger partial charge on any atom is -0.492 e. The summed E-state index contributed by atoms with van der Waals surface area (Å²) < 4.78 is 31.4. The van der Waals surface area contributed by atoms with Crippen molar-refractivity contribution in [3.63, 3.8) is 0 Å². The molecule has 0 radical (unpaired) electrons. The van der Waals surface area contributed by atoms with Crippen LogP contribution in [-0.4, -0.2) is 50.6 Å². The van der Waals surface area contributed by atoms with E-state index in [2.05, 4.69) is 5.32 Å². The Morgan fingerprint density at radius 1 is 1.32 bits per heavy atom. The molecule has 7 heteroatoms. The number of ether oxygens (including phenoxy) is 1. The molecular weight excluding hydrogens is 340 g/mol. The Balaban J connectivity index is 1.75. The van der Waals surface area contributed by atoms with Crippen LogP contribution < -0.4 is 10.1 Å². The molecule has 140 valence electrons. The summed E-state index contributed by atoms with van der Waals surface area (Å²) >= 11 is 0. The predicted molar refractivity (Wildman–Crippen MR) is 98.1 cm³/mol. The number of aryl methyl sites for hydroxylation is 1. The molecule has 1 heterocycles. The van der Waals surface area contributed by atoms with E-state index in [0.717, 1.165) is 18.6 Å². The molecule has 1 aromatic rings. The molecule has 0 bridgehead atoms. The third-order valence-corrected chi connectivity index (χ3v) is 6.34. The van der Waals surface area contributed by atoms with Crippen LogP contribution >= 0.6 is 0 Å². The number of nitrogens with one attached hydrogen (secondary N) is 1. The number of carbonyl (C=O) groups excluding carboxylic acids is 1. The Kier molecular flexibility index (Phi) is 7.25. The first kappa shape index (κ1) is 19.7. The molecule has 0 aliphatic carbocycles. The molecule has 6 nitrogen and oxygen atoms in total. The summed E-state index contributed by atoms with van der Waals surface area (Å²) in [5.74, 6) is 0.546. The van der Waals surface area contributed by atoms with Gasteiger partial charge in [-0.2, -0.15) is 0 Å². The number of hydrogen-bond acceptors (Lipinski definition) is 4. The van der Waals surface area contributed by atoms with Gasteiger partial charge in [-0.25, -0.2) is 12.7 Å². The summed E-state index contributed by atoms with van der Waals surface area (Å²) in [6.45, 7) is 5.46. The van der Waals surface area contributed by atoms with Crippen LogP contribution in [0.3, 0.4) is 0 Å². The predicted octanol–water partition coefficient (Wildman–Crippen LogP) is 1.94. The Bertz CT molecular complexity index is 658. The molecule has 1 aromatic carbocycles. The second-order valence-corrected chi connectivity index (χ2v) is 8.55. The maximum atomic E-state index is 12.3. The highest BCUT2D eigenvalue weighted by molar-refractivity contribution is 7.89. The molecule has 1 amide bonds. The highest BCUT2D eigenvalue weighted by Gasteiger charge is 2.31. The number of hydrogen-bond donors (Lipinski definition) is 1. The smallest absolute Gasteiger partial charge is 0.224 e. The number of amides is 1. The minimum atomic E-state index is -3.24. The number of rotatable bonds is 8. The van der Waals surface area contributed by atoms with E-state index < -0.39 is 10.0 Å². The van der Waals surface area contributed by atoms with E-state index in [4.69, 9.17) is 4.74 Å². The van der Waals surface area contributed by atoms with Crippen molar-refractivity contribution in [1.29, 1.82) is 0 Å². The van der Waals surface area contributed by atoms with Crippen molar-refractivity contribution in [3.05, 3.63) is 29.8 Å². The molecule has 1 aliphatic heterocycles. The molecule has 2 rings (SSSR count). The second kappa shape index (κ2) is 9.20. The molecule has 1 atom stereocenters. The second-order valence-electron chi connectivity index (χ2n) is 6.47. The Labute approximate surface area is 150 Å². The fourth-order valence-electron chi connectivity index (χ4n) is 2.92. The summed E-state index contributed by atoms with van der Waals surface area (Å²) in [5, 5.41) is 2.85. The third-order valence-electron chi connectivity index (χ3n) is 4.30. The minimum absolute atomic E-state index is 0.0936. The fraction of sp³-hybridized carbons (Fsp3) is 0.611. The van der Waals surface area contributed by atoms with Crippen molar-refractivity contribution in [3.8, 4) is 5.75 Å². The highest BCUT2D eigenvalue weighted by atomic mass is 32.2. The topological polar surface area (TPSA) is 75.7 Å². The van der Waals surface area contributed by atoms with Crippen LogP contribution in [0, 0.1) is 12.8 Å². The normalized spacial score (nSPS) is 18.7. The summed E-state index contributed by atoms with van der Waals surface area (Å²) in [7, 11) is -3.24. The van der Waals surface area contributed by atoms with E-state index in [1.54, 1.807) is 0 Å². The molecular formula is C18H28N2O4S. The molecule has 1 fully saturated rings. The van der Waals surface area contributed by atoms with Crippen LogP contribution in [0.15, 0.2) is 24.3 Å². The van der Waals surface area contributed by atoms with Crippen LogP contribution in [0.1, 0.15) is 31.7 Å². The number of nitrogens with zero attached hydrogens (tertiary/aromatic N) is 1. The zero-order chi connectivity index (χ0) is 18.3. The first-order valence-corrected chi connectivity index (χ1v) is 10.5. The van der Waals surface area contributed by atoms with Gasteiger partial charge in [0.1, 0.15) is 12.4 Å². The van der Waals surface area contributed by atoms with Crippen molar-refractivity contribution in [2.75, 3.05) is 32.0 Å². The molecule has 1 unspecified atom stereocenters. The first-order valence-electron chi connectivity index (χ1n) is 8.87. The molecule has 0 spiro atoms. The van der Waals surface area contributed by atoms with Gasteiger partial charge in [-0.05, 0) is 38.3 Å². The lowest BCUT2D eigenvalue weighted by Crippen LogP contribution is -2.46. The largest absolute Gasteiger partial charge is 0.492 e. The molecule has 1 aliphatic rings. The monoisotopic (exact) mass is 368 g/mol. The van der Waals surface area contributed by atoms with E-state index in [0.29, 0.717) is 26.1 Å². The van der Waals surface area contributed by atoms with Gasteiger partial charge in [0.2, 0.25) is 15.9 Å². The van der Waals surface area contributed by atoms with E-state index in [1.165, 1.54) is 9.87 Å². The first-order chi connectivity index (χ1) is 11.9. The standard InChI is InChI=1S/C18H28N2O4S/c1-3-13-25(22,23)20-11-4-5-16(14-20)18(21)19-10-12-24-17-8-6-15(2)7-9-17/h6-9,16H,3-5,10-14H2,1-2H3,(H,19,21). The average Bonchev–Trinajstić information content (AvgIpc) is 2.60. The van der Waals surface area contributed by atoms with Crippen LogP contribution in [0.5, 0.6) is 5.75 Å².